The molecule has 0 radical (unpaired) electrons. The van der Waals surface area contributed by atoms with Crippen molar-refractivity contribution in [3.05, 3.63) is 29.8 Å². The Morgan fingerprint density at radius 2 is 1.52 bits per heavy atom. The van der Waals surface area contributed by atoms with Gasteiger partial charge < -0.3 is 9.80 Å². The predicted octanol–water partition coefficient (Wildman–Crippen LogP) is 2.90. The van der Waals surface area contributed by atoms with Crippen LogP contribution in [-0.4, -0.2) is 66.8 Å². The third kappa shape index (κ3) is 4.70. The summed E-state index contributed by atoms with van der Waals surface area (Å²) in [5, 5.41) is 0. The van der Waals surface area contributed by atoms with Gasteiger partial charge in [-0.1, -0.05) is 13.8 Å². The monoisotopic (exact) mass is 371 g/mol. The Hall–Kier alpha value is -1.88. The molecule has 5 nitrogen and oxygen atoms in total. The van der Waals surface area contributed by atoms with E-state index in [1.807, 2.05) is 24.3 Å². The van der Waals surface area contributed by atoms with Crippen LogP contribution < -0.4 is 4.90 Å². The van der Waals surface area contributed by atoms with Crippen LogP contribution in [0.3, 0.4) is 0 Å². The summed E-state index contributed by atoms with van der Waals surface area (Å²) in [7, 11) is 0. The summed E-state index contributed by atoms with van der Waals surface area (Å²) in [6.07, 6.45) is 1.22. The van der Waals surface area contributed by atoms with Crippen LogP contribution in [0.5, 0.6) is 0 Å². The molecule has 0 aliphatic carbocycles. The molecule has 2 aliphatic heterocycles. The summed E-state index contributed by atoms with van der Waals surface area (Å²) < 4.78 is 0. The van der Waals surface area contributed by atoms with Crippen LogP contribution in [0.1, 0.15) is 44.5 Å². The number of Topliss-reactive ketones (excluding diaryl/α,β-unsaturated/α-hetero) is 1. The van der Waals surface area contributed by atoms with E-state index in [2.05, 4.69) is 35.5 Å². The fourth-order valence-electron chi connectivity index (χ4n) is 4.54. The highest BCUT2D eigenvalue weighted by atomic mass is 16.2. The Morgan fingerprint density at radius 1 is 0.963 bits per heavy atom. The van der Waals surface area contributed by atoms with E-state index in [-0.39, 0.29) is 17.7 Å². The van der Waals surface area contributed by atoms with Gasteiger partial charge in [-0.15, -0.1) is 0 Å². The van der Waals surface area contributed by atoms with E-state index in [1.165, 1.54) is 6.42 Å². The van der Waals surface area contributed by atoms with Crippen LogP contribution in [0.2, 0.25) is 0 Å². The van der Waals surface area contributed by atoms with Crippen molar-refractivity contribution in [2.45, 2.75) is 40.2 Å². The maximum absolute atomic E-state index is 13.0. The topological polar surface area (TPSA) is 43.9 Å². The van der Waals surface area contributed by atoms with Gasteiger partial charge >= 0.3 is 0 Å². The number of amides is 1. The van der Waals surface area contributed by atoms with E-state index in [9.17, 15) is 9.59 Å². The first-order valence-electron chi connectivity index (χ1n) is 10.2. The maximum atomic E-state index is 13.0. The number of ketones is 1. The van der Waals surface area contributed by atoms with Crippen LogP contribution in [0, 0.1) is 11.8 Å². The summed E-state index contributed by atoms with van der Waals surface area (Å²) in [4.78, 5) is 31.1. The molecule has 3 rings (SSSR count). The zero-order valence-corrected chi connectivity index (χ0v) is 17.1. The molecule has 148 valence electrons. The minimum Gasteiger partial charge on any atom is -0.369 e. The highest BCUT2D eigenvalue weighted by Crippen LogP contribution is 2.23. The molecule has 0 N–H and O–H groups in total. The van der Waals surface area contributed by atoms with Crippen molar-refractivity contribution in [2.75, 3.05) is 44.2 Å². The Labute approximate surface area is 163 Å². The van der Waals surface area contributed by atoms with Gasteiger partial charge in [-0.25, -0.2) is 0 Å². The van der Waals surface area contributed by atoms with E-state index in [0.717, 1.165) is 50.5 Å². The first-order chi connectivity index (χ1) is 12.8. The van der Waals surface area contributed by atoms with Gasteiger partial charge in [0.2, 0.25) is 5.91 Å². The second-order valence-electron chi connectivity index (χ2n) is 8.49. The third-order valence-corrected chi connectivity index (χ3v) is 6.04. The molecule has 27 heavy (non-hydrogen) atoms. The van der Waals surface area contributed by atoms with E-state index < -0.39 is 0 Å². The highest BCUT2D eigenvalue weighted by molar-refractivity contribution is 5.94. The average molecular weight is 372 g/mol. The first kappa shape index (κ1) is 19.9. The second-order valence-corrected chi connectivity index (χ2v) is 8.49. The number of benzene rings is 1. The zero-order chi connectivity index (χ0) is 19.6. The number of likely N-dealkylation sites (tertiary alicyclic amines) is 1. The number of rotatable bonds is 4. The maximum Gasteiger partial charge on any atom is 0.239 e. The molecule has 0 bridgehead atoms. The number of nitrogens with zero attached hydrogens (tertiary/aromatic N) is 3. The average Bonchev–Trinajstić information content (AvgIpc) is 2.66. The number of carbonyl (C=O) groups is 2. The van der Waals surface area contributed by atoms with Crippen LogP contribution >= 0.6 is 0 Å². The number of carbonyl (C=O) groups excluding carboxylic acids is 2. The van der Waals surface area contributed by atoms with Crippen molar-refractivity contribution in [1.82, 2.24) is 9.80 Å². The van der Waals surface area contributed by atoms with Gasteiger partial charge in [-0.05, 0) is 56.4 Å². The largest absolute Gasteiger partial charge is 0.369 e. The molecule has 1 amide bonds. The van der Waals surface area contributed by atoms with Gasteiger partial charge in [0, 0.05) is 50.5 Å². The summed E-state index contributed by atoms with van der Waals surface area (Å²) in [6, 6.07) is 7.79. The SMILES string of the molecule is CC(=O)c1ccc(N2CCN([C@H](C)C(=O)N3C[C@H](C)C[C@H](C)C3)CC2)cc1. The number of anilines is 1. The van der Waals surface area contributed by atoms with Gasteiger partial charge in [0.25, 0.3) is 0 Å². The van der Waals surface area contributed by atoms with Gasteiger partial charge in [-0.3, -0.25) is 14.5 Å². The van der Waals surface area contributed by atoms with Gasteiger partial charge in [0.05, 0.1) is 6.04 Å². The van der Waals surface area contributed by atoms with E-state index >= 15 is 0 Å². The molecule has 1 aromatic carbocycles. The molecule has 5 heteroatoms. The molecular formula is C22H33N3O2. The van der Waals surface area contributed by atoms with E-state index in [4.69, 9.17) is 0 Å². The van der Waals surface area contributed by atoms with E-state index in [1.54, 1.807) is 6.92 Å². The van der Waals surface area contributed by atoms with Crippen LogP contribution in [0.4, 0.5) is 5.69 Å². The summed E-state index contributed by atoms with van der Waals surface area (Å²) in [5.41, 5.74) is 1.90. The lowest BCUT2D eigenvalue weighted by atomic mass is 9.91. The molecule has 0 unspecified atom stereocenters. The predicted molar refractivity (Wildman–Crippen MR) is 109 cm³/mol. The summed E-state index contributed by atoms with van der Waals surface area (Å²) >= 11 is 0. The quantitative estimate of drug-likeness (QED) is 0.764. The molecule has 2 heterocycles. The summed E-state index contributed by atoms with van der Waals surface area (Å²) in [6.45, 7) is 13.5. The molecule has 2 aliphatic rings. The molecule has 2 saturated heterocycles. The number of hydrogen-bond donors (Lipinski definition) is 0. The van der Waals surface area contributed by atoms with Crippen molar-refractivity contribution in [3.8, 4) is 0 Å². The molecule has 0 aromatic heterocycles. The van der Waals surface area contributed by atoms with Crippen molar-refractivity contribution >= 4 is 17.4 Å². The second kappa shape index (κ2) is 8.42. The fraction of sp³-hybridized carbons (Fsp3) is 0.636. The standard InChI is InChI=1S/C22H33N3O2/c1-16-13-17(2)15-25(14-16)22(27)18(3)23-9-11-24(12-10-23)21-7-5-20(6-8-21)19(4)26/h5-8,16-18H,9-15H2,1-4H3/t16-,17+,18-/m1/s1. The normalized spacial score (nSPS) is 25.3. The van der Waals surface area contributed by atoms with Crippen molar-refractivity contribution < 1.29 is 9.59 Å². The molecule has 3 atom stereocenters. The first-order valence-corrected chi connectivity index (χ1v) is 10.2. The van der Waals surface area contributed by atoms with Gasteiger partial charge in [0.1, 0.15) is 0 Å². The Morgan fingerprint density at radius 3 is 2.04 bits per heavy atom. The Kier molecular flexibility index (Phi) is 6.20. The zero-order valence-electron chi connectivity index (χ0n) is 17.1. The number of piperidine rings is 1. The van der Waals surface area contributed by atoms with E-state index in [0.29, 0.717) is 11.8 Å². The lowest BCUT2D eigenvalue weighted by molar-refractivity contribution is -0.139. The molecule has 0 spiro atoms. The van der Waals surface area contributed by atoms with Crippen LogP contribution in [-0.2, 0) is 4.79 Å². The number of piperazine rings is 1. The molecule has 2 fully saturated rings. The number of hydrogen-bond acceptors (Lipinski definition) is 4. The third-order valence-electron chi connectivity index (χ3n) is 6.04. The fourth-order valence-corrected chi connectivity index (χ4v) is 4.54. The smallest absolute Gasteiger partial charge is 0.239 e. The van der Waals surface area contributed by atoms with Gasteiger partial charge in [0.15, 0.2) is 5.78 Å². The van der Waals surface area contributed by atoms with Crippen molar-refractivity contribution in [2.24, 2.45) is 11.8 Å². The lowest BCUT2D eigenvalue weighted by Crippen LogP contribution is -2.56. The minimum absolute atomic E-state index is 0.0512. The summed E-state index contributed by atoms with van der Waals surface area (Å²) in [5.74, 6) is 1.58. The minimum atomic E-state index is -0.0512. The van der Waals surface area contributed by atoms with Crippen molar-refractivity contribution in [1.29, 1.82) is 0 Å². The molecule has 0 saturated carbocycles. The lowest BCUT2D eigenvalue weighted by Gasteiger charge is -2.42. The molecular weight excluding hydrogens is 338 g/mol. The van der Waals surface area contributed by atoms with Gasteiger partial charge in [-0.2, -0.15) is 0 Å². The molecule has 1 aromatic rings. The Bertz CT molecular complexity index is 655. The Balaban J connectivity index is 1.55. The van der Waals surface area contributed by atoms with Crippen molar-refractivity contribution in [3.63, 3.8) is 0 Å². The van der Waals surface area contributed by atoms with Crippen LogP contribution in [0.25, 0.3) is 0 Å². The highest BCUT2D eigenvalue weighted by Gasteiger charge is 2.32. The van der Waals surface area contributed by atoms with Crippen LogP contribution in [0.15, 0.2) is 24.3 Å².